The molecule has 2 rings (SSSR count). The van der Waals surface area contributed by atoms with Crippen LogP contribution in [0.3, 0.4) is 0 Å². The van der Waals surface area contributed by atoms with Gasteiger partial charge < -0.3 is 5.11 Å². The van der Waals surface area contributed by atoms with E-state index in [4.69, 9.17) is 5.11 Å². The van der Waals surface area contributed by atoms with Crippen molar-refractivity contribution >= 4 is 26.7 Å². The highest BCUT2D eigenvalue weighted by Gasteiger charge is 2.42. The van der Waals surface area contributed by atoms with E-state index >= 15 is 0 Å². The number of para-hydroxylation sites is 1. The van der Waals surface area contributed by atoms with Crippen molar-refractivity contribution in [2.45, 2.75) is 24.3 Å². The molecule has 0 aliphatic rings. The molecule has 0 atom stereocenters. The Hall–Kier alpha value is -1.89. The molecule has 1 aromatic carbocycles. The molecule has 0 amide bonds. The first-order valence-corrected chi connectivity index (χ1v) is 7.68. The van der Waals surface area contributed by atoms with Gasteiger partial charge >= 0.3 is 5.97 Å². The number of benzene rings is 1. The SMILES string of the molecule is Cn1nc(CS(=O)(=O)C(C)(C)C(=O)O)c2ccccc21. The molecule has 0 fully saturated rings. The molecule has 0 unspecified atom stereocenters. The van der Waals surface area contributed by atoms with Gasteiger partial charge in [0.1, 0.15) is 0 Å². The van der Waals surface area contributed by atoms with Crippen LogP contribution in [0.2, 0.25) is 0 Å². The number of rotatable bonds is 4. The van der Waals surface area contributed by atoms with E-state index in [9.17, 15) is 13.2 Å². The molecule has 0 saturated heterocycles. The number of hydrogen-bond acceptors (Lipinski definition) is 4. The van der Waals surface area contributed by atoms with E-state index < -0.39 is 26.3 Å². The zero-order valence-corrected chi connectivity index (χ0v) is 12.3. The Morgan fingerprint density at radius 3 is 2.55 bits per heavy atom. The Morgan fingerprint density at radius 2 is 1.95 bits per heavy atom. The third-order valence-electron chi connectivity index (χ3n) is 3.45. The molecule has 7 heteroatoms. The fourth-order valence-corrected chi connectivity index (χ4v) is 3.09. The van der Waals surface area contributed by atoms with E-state index in [0.717, 1.165) is 10.9 Å². The van der Waals surface area contributed by atoms with E-state index in [2.05, 4.69) is 5.10 Å². The highest BCUT2D eigenvalue weighted by Crippen LogP contribution is 2.25. The average molecular weight is 296 g/mol. The largest absolute Gasteiger partial charge is 0.480 e. The number of hydrogen-bond donors (Lipinski definition) is 1. The van der Waals surface area contributed by atoms with Gasteiger partial charge in [-0.05, 0) is 19.9 Å². The summed E-state index contributed by atoms with van der Waals surface area (Å²) in [6.45, 7) is 2.38. The van der Waals surface area contributed by atoms with Gasteiger partial charge in [-0.25, -0.2) is 8.42 Å². The summed E-state index contributed by atoms with van der Waals surface area (Å²) < 4.78 is 24.3. The van der Waals surface area contributed by atoms with Crippen LogP contribution < -0.4 is 0 Å². The van der Waals surface area contributed by atoms with Crippen molar-refractivity contribution in [2.24, 2.45) is 7.05 Å². The molecular weight excluding hydrogens is 280 g/mol. The minimum absolute atomic E-state index is 0.373. The van der Waals surface area contributed by atoms with Crippen molar-refractivity contribution in [3.8, 4) is 0 Å². The Labute approximate surface area is 116 Å². The number of aromatic nitrogens is 2. The predicted molar refractivity (Wildman–Crippen MR) is 75.1 cm³/mol. The van der Waals surface area contributed by atoms with Crippen molar-refractivity contribution in [1.29, 1.82) is 0 Å². The fraction of sp³-hybridized carbons (Fsp3) is 0.385. The van der Waals surface area contributed by atoms with Crippen LogP contribution in [0, 0.1) is 0 Å². The Balaban J connectivity index is 2.50. The minimum atomic E-state index is -3.87. The van der Waals surface area contributed by atoms with Gasteiger partial charge in [0.05, 0.1) is 17.0 Å². The minimum Gasteiger partial charge on any atom is -0.480 e. The zero-order valence-electron chi connectivity index (χ0n) is 11.5. The second-order valence-corrected chi connectivity index (χ2v) is 7.70. The third kappa shape index (κ3) is 2.18. The van der Waals surface area contributed by atoms with E-state index in [-0.39, 0.29) is 0 Å². The summed E-state index contributed by atoms with van der Waals surface area (Å²) in [5, 5.41) is 14.0. The molecule has 0 aliphatic heterocycles. The molecular formula is C13H16N2O4S. The van der Waals surface area contributed by atoms with Crippen molar-refractivity contribution < 1.29 is 18.3 Å². The molecule has 2 aromatic rings. The van der Waals surface area contributed by atoms with E-state index in [1.807, 2.05) is 12.1 Å². The number of carboxylic acid groups (broad SMARTS) is 1. The molecule has 0 spiro atoms. The number of carbonyl (C=O) groups is 1. The summed E-state index contributed by atoms with van der Waals surface area (Å²) in [4.78, 5) is 11.1. The van der Waals surface area contributed by atoms with Gasteiger partial charge in [-0.2, -0.15) is 5.10 Å². The second kappa shape index (κ2) is 4.59. The number of sulfone groups is 1. The molecule has 0 radical (unpaired) electrons. The van der Waals surface area contributed by atoms with E-state index in [1.165, 1.54) is 13.8 Å². The van der Waals surface area contributed by atoms with Crippen LogP contribution in [0.4, 0.5) is 0 Å². The summed E-state index contributed by atoms with van der Waals surface area (Å²) in [5.74, 6) is -1.76. The lowest BCUT2D eigenvalue weighted by Crippen LogP contribution is -2.41. The zero-order chi connectivity index (χ0) is 15.1. The summed E-state index contributed by atoms with van der Waals surface area (Å²) in [6, 6.07) is 7.24. The van der Waals surface area contributed by atoms with Crippen LogP contribution >= 0.6 is 0 Å². The van der Waals surface area contributed by atoms with E-state index in [1.54, 1.807) is 23.9 Å². The number of nitrogens with zero attached hydrogens (tertiary/aromatic N) is 2. The molecule has 0 saturated carbocycles. The maximum Gasteiger partial charge on any atom is 0.324 e. The molecule has 6 nitrogen and oxygen atoms in total. The second-order valence-electron chi connectivity index (χ2n) is 5.16. The van der Waals surface area contributed by atoms with Crippen LogP contribution in [0.5, 0.6) is 0 Å². The highest BCUT2D eigenvalue weighted by molar-refractivity contribution is 7.92. The molecule has 20 heavy (non-hydrogen) atoms. The lowest BCUT2D eigenvalue weighted by atomic mass is 10.2. The number of fused-ring (bicyclic) bond motifs is 1. The topological polar surface area (TPSA) is 89.3 Å². The third-order valence-corrected chi connectivity index (χ3v) is 5.84. The van der Waals surface area contributed by atoms with Crippen LogP contribution in [0.15, 0.2) is 24.3 Å². The predicted octanol–water partition coefficient (Wildman–Crippen LogP) is 1.35. The fourth-order valence-electron chi connectivity index (χ4n) is 1.89. The standard InChI is InChI=1S/C13H16N2O4S/c1-13(2,12(16)17)20(18,19)8-10-9-6-4-5-7-11(9)15(3)14-10/h4-7H,8H2,1-3H3,(H,16,17). The monoisotopic (exact) mass is 296 g/mol. The average Bonchev–Trinajstić information content (AvgIpc) is 2.66. The van der Waals surface area contributed by atoms with Gasteiger partial charge in [0.15, 0.2) is 14.6 Å². The van der Waals surface area contributed by atoms with Gasteiger partial charge in [0.2, 0.25) is 0 Å². The molecule has 0 aliphatic carbocycles. The first-order chi connectivity index (χ1) is 9.17. The van der Waals surface area contributed by atoms with Crippen molar-refractivity contribution in [3.05, 3.63) is 30.0 Å². The van der Waals surface area contributed by atoms with Gasteiger partial charge in [-0.15, -0.1) is 0 Å². The normalized spacial score (nSPS) is 12.8. The summed E-state index contributed by atoms with van der Waals surface area (Å²) in [5.41, 5.74) is 1.18. The molecule has 0 bridgehead atoms. The summed E-state index contributed by atoms with van der Waals surface area (Å²) in [7, 11) is -2.14. The van der Waals surface area contributed by atoms with Crippen molar-refractivity contribution in [1.82, 2.24) is 9.78 Å². The van der Waals surface area contributed by atoms with Gasteiger partial charge in [0, 0.05) is 12.4 Å². The van der Waals surface area contributed by atoms with Gasteiger partial charge in [-0.1, -0.05) is 18.2 Å². The maximum absolute atomic E-state index is 12.3. The molecule has 1 aromatic heterocycles. The van der Waals surface area contributed by atoms with Crippen LogP contribution in [-0.4, -0.2) is 34.0 Å². The summed E-state index contributed by atoms with van der Waals surface area (Å²) >= 11 is 0. The number of carboxylic acids is 1. The highest BCUT2D eigenvalue weighted by atomic mass is 32.2. The van der Waals surface area contributed by atoms with Gasteiger partial charge in [0.25, 0.3) is 0 Å². The molecule has 108 valence electrons. The summed E-state index contributed by atoms with van der Waals surface area (Å²) in [6.07, 6.45) is 0. The Bertz CT molecular complexity index is 775. The van der Waals surface area contributed by atoms with Crippen molar-refractivity contribution in [3.63, 3.8) is 0 Å². The molecule has 1 N–H and O–H groups in total. The number of aryl methyl sites for hydroxylation is 1. The lowest BCUT2D eigenvalue weighted by molar-refractivity contribution is -0.139. The quantitative estimate of drug-likeness (QED) is 0.920. The van der Waals surface area contributed by atoms with Gasteiger partial charge in [-0.3, -0.25) is 9.48 Å². The van der Waals surface area contributed by atoms with Crippen LogP contribution in [0.1, 0.15) is 19.5 Å². The number of aliphatic carboxylic acids is 1. The first-order valence-electron chi connectivity index (χ1n) is 6.03. The molecule has 1 heterocycles. The van der Waals surface area contributed by atoms with Crippen LogP contribution in [0.25, 0.3) is 10.9 Å². The Morgan fingerprint density at radius 1 is 1.35 bits per heavy atom. The maximum atomic E-state index is 12.3. The Kier molecular flexibility index (Phi) is 3.33. The van der Waals surface area contributed by atoms with E-state index in [0.29, 0.717) is 5.69 Å². The van der Waals surface area contributed by atoms with Crippen LogP contribution in [-0.2, 0) is 27.4 Å². The lowest BCUT2D eigenvalue weighted by Gasteiger charge is -2.18. The first kappa shape index (κ1) is 14.5. The smallest absolute Gasteiger partial charge is 0.324 e. The van der Waals surface area contributed by atoms with Crippen molar-refractivity contribution in [2.75, 3.05) is 0 Å².